The first kappa shape index (κ1) is 19.9. The minimum Gasteiger partial charge on any atom is -0.493 e. The fraction of sp³-hybridized carbons (Fsp3) is 0.556. The fourth-order valence-corrected chi connectivity index (χ4v) is 3.20. The summed E-state index contributed by atoms with van der Waals surface area (Å²) < 4.78 is 43.2. The molecule has 0 saturated heterocycles. The fourth-order valence-electron chi connectivity index (χ4n) is 2.07. The smallest absolute Gasteiger partial charge is 0.416 e. The van der Waals surface area contributed by atoms with Crippen molar-refractivity contribution in [3.05, 3.63) is 42.0 Å². The van der Waals surface area contributed by atoms with Crippen LogP contribution in [0.2, 0.25) is 0 Å². The predicted molar refractivity (Wildman–Crippen MR) is 92.1 cm³/mol. The number of alkyl halides is 3. The molecule has 1 nitrogen and oxygen atoms in total. The van der Waals surface area contributed by atoms with Gasteiger partial charge in [-0.3, -0.25) is 0 Å². The number of ether oxygens (including phenoxy) is 1. The molecule has 0 aliphatic rings. The van der Waals surface area contributed by atoms with Crippen LogP contribution in [0.5, 0.6) is 5.75 Å². The van der Waals surface area contributed by atoms with Crippen molar-refractivity contribution in [1.29, 1.82) is 0 Å². The van der Waals surface area contributed by atoms with E-state index in [0.717, 1.165) is 24.3 Å². The van der Waals surface area contributed by atoms with Crippen LogP contribution in [-0.4, -0.2) is 17.6 Å². The maximum absolute atomic E-state index is 12.6. The largest absolute Gasteiger partial charge is 0.493 e. The van der Waals surface area contributed by atoms with Crippen LogP contribution in [0, 0.1) is 5.92 Å². The molecule has 0 heterocycles. The van der Waals surface area contributed by atoms with Crippen molar-refractivity contribution in [3.63, 3.8) is 0 Å². The van der Waals surface area contributed by atoms with Crippen molar-refractivity contribution in [1.82, 2.24) is 0 Å². The predicted octanol–water partition coefficient (Wildman–Crippen LogP) is 6.20. The molecule has 0 fully saturated rings. The standard InChI is InChI=1S/C18H25F3OS/c1-4-14(3)17(23-5-2)11-6-7-12-22-16-10-8-9-15(13-16)18(19,20)21/h6,8-11,13-14,17H,4-5,7,12H2,1-3H3/b11-6+. The number of halogens is 3. The van der Waals surface area contributed by atoms with Crippen molar-refractivity contribution in [2.24, 2.45) is 5.92 Å². The molecule has 5 heteroatoms. The van der Waals surface area contributed by atoms with E-state index in [-0.39, 0.29) is 5.75 Å². The summed E-state index contributed by atoms with van der Waals surface area (Å²) >= 11 is 1.92. The first-order chi connectivity index (χ1) is 10.9. The zero-order valence-electron chi connectivity index (χ0n) is 13.9. The van der Waals surface area contributed by atoms with E-state index in [1.807, 2.05) is 11.8 Å². The second kappa shape index (κ2) is 9.91. The van der Waals surface area contributed by atoms with Crippen molar-refractivity contribution in [2.45, 2.75) is 45.0 Å². The molecule has 0 amide bonds. The number of hydrogen-bond donors (Lipinski definition) is 0. The van der Waals surface area contributed by atoms with Gasteiger partial charge in [-0.2, -0.15) is 24.9 Å². The van der Waals surface area contributed by atoms with Gasteiger partial charge in [0.15, 0.2) is 0 Å². The second-order valence-electron chi connectivity index (χ2n) is 5.40. The zero-order valence-corrected chi connectivity index (χ0v) is 14.7. The van der Waals surface area contributed by atoms with Crippen LogP contribution in [0.25, 0.3) is 0 Å². The molecule has 1 aromatic rings. The Hall–Kier alpha value is -1.10. The normalized spacial score (nSPS) is 14.9. The third-order valence-electron chi connectivity index (χ3n) is 3.60. The van der Waals surface area contributed by atoms with Gasteiger partial charge in [0.25, 0.3) is 0 Å². The zero-order chi connectivity index (χ0) is 17.3. The molecule has 2 unspecified atom stereocenters. The lowest BCUT2D eigenvalue weighted by Gasteiger charge is -2.18. The molecule has 23 heavy (non-hydrogen) atoms. The van der Waals surface area contributed by atoms with E-state index in [1.54, 1.807) is 6.07 Å². The van der Waals surface area contributed by atoms with Crippen LogP contribution in [0.4, 0.5) is 13.2 Å². The van der Waals surface area contributed by atoms with Crippen molar-refractivity contribution in [2.75, 3.05) is 12.4 Å². The Labute approximate surface area is 141 Å². The Morgan fingerprint density at radius 2 is 2.00 bits per heavy atom. The maximum Gasteiger partial charge on any atom is 0.416 e. The monoisotopic (exact) mass is 346 g/mol. The lowest BCUT2D eigenvalue weighted by Crippen LogP contribution is -2.11. The second-order valence-corrected chi connectivity index (χ2v) is 6.85. The third-order valence-corrected chi connectivity index (χ3v) is 4.94. The average Bonchev–Trinajstić information content (AvgIpc) is 2.52. The minimum atomic E-state index is -4.33. The van der Waals surface area contributed by atoms with Crippen molar-refractivity contribution in [3.8, 4) is 5.75 Å². The van der Waals surface area contributed by atoms with Gasteiger partial charge < -0.3 is 4.74 Å². The Morgan fingerprint density at radius 1 is 1.26 bits per heavy atom. The average molecular weight is 346 g/mol. The van der Waals surface area contributed by atoms with Gasteiger partial charge in [-0.05, 0) is 36.3 Å². The molecule has 0 N–H and O–H groups in total. The van der Waals surface area contributed by atoms with Crippen LogP contribution in [0.15, 0.2) is 36.4 Å². The highest BCUT2D eigenvalue weighted by atomic mass is 32.2. The van der Waals surface area contributed by atoms with Gasteiger partial charge in [0.2, 0.25) is 0 Å². The summed E-state index contributed by atoms with van der Waals surface area (Å²) in [4.78, 5) is 0. The Morgan fingerprint density at radius 3 is 2.61 bits per heavy atom. The highest BCUT2D eigenvalue weighted by Gasteiger charge is 2.30. The summed E-state index contributed by atoms with van der Waals surface area (Å²) in [5.74, 6) is 1.94. The number of rotatable bonds is 9. The molecule has 0 spiro atoms. The molecule has 2 atom stereocenters. The topological polar surface area (TPSA) is 9.23 Å². The summed E-state index contributed by atoms with van der Waals surface area (Å²) in [6.07, 6.45) is 1.74. The van der Waals surface area contributed by atoms with Crippen LogP contribution < -0.4 is 4.74 Å². The molecule has 0 aliphatic heterocycles. The first-order valence-corrected chi connectivity index (χ1v) is 9.01. The summed E-state index contributed by atoms with van der Waals surface area (Å²) in [5.41, 5.74) is -0.679. The van der Waals surface area contributed by atoms with Crippen LogP contribution >= 0.6 is 11.8 Å². The van der Waals surface area contributed by atoms with Crippen LogP contribution in [0.3, 0.4) is 0 Å². The molecular formula is C18H25F3OS. The highest BCUT2D eigenvalue weighted by Crippen LogP contribution is 2.31. The van der Waals surface area contributed by atoms with E-state index >= 15 is 0 Å². The van der Waals surface area contributed by atoms with Gasteiger partial charge in [-0.1, -0.05) is 45.4 Å². The van der Waals surface area contributed by atoms with Crippen molar-refractivity contribution >= 4 is 11.8 Å². The molecule has 0 bridgehead atoms. The SMILES string of the molecule is CCSC(/C=C/CCOc1cccc(C(F)(F)F)c1)C(C)CC. The van der Waals surface area contributed by atoms with E-state index in [1.165, 1.54) is 6.07 Å². The minimum absolute atomic E-state index is 0.259. The molecular weight excluding hydrogens is 321 g/mol. The van der Waals surface area contributed by atoms with Gasteiger partial charge >= 0.3 is 6.18 Å². The van der Waals surface area contributed by atoms with E-state index in [2.05, 4.69) is 32.9 Å². The Balaban J connectivity index is 2.46. The van der Waals surface area contributed by atoms with Gasteiger partial charge in [0.05, 0.1) is 12.2 Å². The molecule has 0 aromatic heterocycles. The lowest BCUT2D eigenvalue weighted by atomic mass is 10.0. The molecule has 0 saturated carbocycles. The molecule has 130 valence electrons. The third kappa shape index (κ3) is 7.34. The summed E-state index contributed by atoms with van der Waals surface area (Å²) in [5, 5.41) is 0.485. The summed E-state index contributed by atoms with van der Waals surface area (Å²) in [6, 6.07) is 5.00. The molecule has 1 aromatic carbocycles. The van der Waals surface area contributed by atoms with Crippen LogP contribution in [0.1, 0.15) is 39.2 Å². The Kier molecular flexibility index (Phi) is 8.59. The summed E-state index contributed by atoms with van der Waals surface area (Å²) in [6.45, 7) is 6.93. The van der Waals surface area contributed by atoms with E-state index in [4.69, 9.17) is 4.74 Å². The van der Waals surface area contributed by atoms with E-state index in [0.29, 0.717) is 24.2 Å². The first-order valence-electron chi connectivity index (χ1n) is 7.96. The van der Waals surface area contributed by atoms with E-state index < -0.39 is 11.7 Å². The van der Waals surface area contributed by atoms with Gasteiger partial charge in [-0.15, -0.1) is 0 Å². The van der Waals surface area contributed by atoms with Crippen LogP contribution in [-0.2, 0) is 6.18 Å². The van der Waals surface area contributed by atoms with Crippen molar-refractivity contribution < 1.29 is 17.9 Å². The van der Waals surface area contributed by atoms with Gasteiger partial charge in [-0.25, -0.2) is 0 Å². The Bertz CT molecular complexity index is 485. The quantitative estimate of drug-likeness (QED) is 0.389. The molecule has 0 aliphatic carbocycles. The van der Waals surface area contributed by atoms with Gasteiger partial charge in [0, 0.05) is 5.25 Å². The molecule has 1 rings (SSSR count). The maximum atomic E-state index is 12.6. The summed E-state index contributed by atoms with van der Waals surface area (Å²) in [7, 11) is 0. The number of benzene rings is 1. The number of hydrogen-bond acceptors (Lipinski definition) is 2. The molecule has 0 radical (unpaired) electrons. The highest BCUT2D eigenvalue weighted by molar-refractivity contribution is 8.00. The van der Waals surface area contributed by atoms with E-state index in [9.17, 15) is 13.2 Å². The van der Waals surface area contributed by atoms with Gasteiger partial charge in [0.1, 0.15) is 5.75 Å². The lowest BCUT2D eigenvalue weighted by molar-refractivity contribution is -0.137. The number of thioether (sulfide) groups is 1.